The normalized spacial score (nSPS) is 10.4. The molecule has 0 heterocycles. The summed E-state index contributed by atoms with van der Waals surface area (Å²) >= 11 is 0. The molecule has 0 aromatic heterocycles. The highest BCUT2D eigenvalue weighted by Gasteiger charge is 2.15. The van der Waals surface area contributed by atoms with Gasteiger partial charge in [0.25, 0.3) is 0 Å². The van der Waals surface area contributed by atoms with Crippen LogP contribution in [-0.2, 0) is 12.8 Å². The average Bonchev–Trinajstić information content (AvgIpc) is 2.19. The molecule has 1 rings (SSSR count). The highest BCUT2D eigenvalue weighted by molar-refractivity contribution is 5.94. The van der Waals surface area contributed by atoms with Gasteiger partial charge in [-0.2, -0.15) is 0 Å². The Labute approximate surface area is 89.3 Å². The fourth-order valence-corrected chi connectivity index (χ4v) is 1.97. The van der Waals surface area contributed by atoms with Gasteiger partial charge in [-0.1, -0.05) is 13.8 Å². The second kappa shape index (κ2) is 4.43. The van der Waals surface area contributed by atoms with Gasteiger partial charge in [-0.25, -0.2) is 4.39 Å². The Balaban J connectivity index is 3.51. The molecule has 0 aliphatic carbocycles. The van der Waals surface area contributed by atoms with Gasteiger partial charge in [0.05, 0.1) is 0 Å². The molecule has 82 valence electrons. The van der Waals surface area contributed by atoms with E-state index < -0.39 is 5.91 Å². The SMILES string of the molecule is CCc1c(F)cc(C(N)=O)c(C)c1CC. The van der Waals surface area contributed by atoms with Crippen LogP contribution in [0.5, 0.6) is 0 Å². The van der Waals surface area contributed by atoms with Crippen molar-refractivity contribution in [2.75, 3.05) is 0 Å². The van der Waals surface area contributed by atoms with E-state index in [0.717, 1.165) is 11.1 Å². The van der Waals surface area contributed by atoms with Crippen LogP contribution in [0, 0.1) is 12.7 Å². The molecule has 2 nitrogen and oxygen atoms in total. The number of primary amides is 1. The molecule has 1 aromatic rings. The van der Waals surface area contributed by atoms with Gasteiger partial charge in [-0.05, 0) is 42.5 Å². The molecule has 1 amide bonds. The first-order chi connectivity index (χ1) is 7.02. The maximum absolute atomic E-state index is 13.6. The highest BCUT2D eigenvalue weighted by Crippen LogP contribution is 2.23. The molecule has 0 radical (unpaired) electrons. The molecular formula is C12H16FNO. The zero-order valence-electron chi connectivity index (χ0n) is 9.36. The summed E-state index contributed by atoms with van der Waals surface area (Å²) in [5.41, 5.74) is 7.90. The summed E-state index contributed by atoms with van der Waals surface area (Å²) in [6.07, 6.45) is 1.35. The maximum atomic E-state index is 13.6. The van der Waals surface area contributed by atoms with E-state index in [1.54, 1.807) is 0 Å². The Morgan fingerprint density at radius 1 is 1.33 bits per heavy atom. The predicted molar refractivity (Wildman–Crippen MR) is 58.4 cm³/mol. The van der Waals surface area contributed by atoms with Crippen LogP contribution in [0.1, 0.15) is 40.9 Å². The summed E-state index contributed by atoms with van der Waals surface area (Å²) in [6, 6.07) is 1.25. The van der Waals surface area contributed by atoms with Gasteiger partial charge in [-0.3, -0.25) is 4.79 Å². The number of nitrogens with two attached hydrogens (primary N) is 1. The molecule has 0 unspecified atom stereocenters. The monoisotopic (exact) mass is 209 g/mol. The molecule has 0 fully saturated rings. The number of rotatable bonds is 3. The fraction of sp³-hybridized carbons (Fsp3) is 0.417. The molecule has 2 N–H and O–H groups in total. The van der Waals surface area contributed by atoms with Crippen LogP contribution in [0.2, 0.25) is 0 Å². The van der Waals surface area contributed by atoms with E-state index in [-0.39, 0.29) is 5.82 Å². The maximum Gasteiger partial charge on any atom is 0.249 e. The Bertz CT molecular complexity index is 399. The van der Waals surface area contributed by atoms with Gasteiger partial charge in [-0.15, -0.1) is 0 Å². The third-order valence-corrected chi connectivity index (χ3v) is 2.75. The zero-order valence-corrected chi connectivity index (χ0v) is 9.36. The summed E-state index contributed by atoms with van der Waals surface area (Å²) in [5, 5.41) is 0. The standard InChI is InChI=1S/C12H16FNO/c1-4-8-7(3)10(12(14)15)6-11(13)9(8)5-2/h6H,4-5H2,1-3H3,(H2,14,15). The van der Waals surface area contributed by atoms with E-state index >= 15 is 0 Å². The molecule has 0 atom stereocenters. The number of hydrogen-bond donors (Lipinski definition) is 1. The summed E-state index contributed by atoms with van der Waals surface area (Å²) in [7, 11) is 0. The van der Waals surface area contributed by atoms with Crippen molar-refractivity contribution in [3.05, 3.63) is 34.1 Å². The lowest BCUT2D eigenvalue weighted by Crippen LogP contribution is -2.15. The van der Waals surface area contributed by atoms with Gasteiger partial charge < -0.3 is 5.73 Å². The Hall–Kier alpha value is -1.38. The smallest absolute Gasteiger partial charge is 0.249 e. The first-order valence-corrected chi connectivity index (χ1v) is 5.13. The molecule has 1 aromatic carbocycles. The van der Waals surface area contributed by atoms with Crippen LogP contribution in [0.25, 0.3) is 0 Å². The van der Waals surface area contributed by atoms with Crippen LogP contribution in [0.4, 0.5) is 4.39 Å². The van der Waals surface area contributed by atoms with Crippen LogP contribution in [0.3, 0.4) is 0 Å². The number of carbonyl (C=O) groups is 1. The van der Waals surface area contributed by atoms with Crippen LogP contribution in [-0.4, -0.2) is 5.91 Å². The summed E-state index contributed by atoms with van der Waals surface area (Å²) in [5.74, 6) is -0.891. The molecular weight excluding hydrogens is 193 g/mol. The first-order valence-electron chi connectivity index (χ1n) is 5.13. The van der Waals surface area contributed by atoms with E-state index in [1.807, 2.05) is 20.8 Å². The van der Waals surface area contributed by atoms with Gasteiger partial charge >= 0.3 is 0 Å². The van der Waals surface area contributed by atoms with E-state index in [1.165, 1.54) is 6.07 Å². The summed E-state index contributed by atoms with van der Waals surface area (Å²) in [4.78, 5) is 11.1. The molecule has 0 saturated heterocycles. The molecule has 0 saturated carbocycles. The van der Waals surface area contributed by atoms with Crippen molar-refractivity contribution < 1.29 is 9.18 Å². The third-order valence-electron chi connectivity index (χ3n) is 2.75. The third kappa shape index (κ3) is 2.01. The van der Waals surface area contributed by atoms with Crippen molar-refractivity contribution in [3.8, 4) is 0 Å². The van der Waals surface area contributed by atoms with Crippen LogP contribution < -0.4 is 5.73 Å². The van der Waals surface area contributed by atoms with Gasteiger partial charge in [0.1, 0.15) is 5.82 Å². The molecule has 0 bridgehead atoms. The van der Waals surface area contributed by atoms with Crippen LogP contribution >= 0.6 is 0 Å². The van der Waals surface area contributed by atoms with Gasteiger partial charge in [0, 0.05) is 5.56 Å². The Morgan fingerprint density at radius 3 is 2.27 bits per heavy atom. The minimum absolute atomic E-state index is 0.293. The predicted octanol–water partition coefficient (Wildman–Crippen LogP) is 2.36. The van der Waals surface area contributed by atoms with E-state index in [9.17, 15) is 9.18 Å². The lowest BCUT2D eigenvalue weighted by atomic mass is 9.93. The van der Waals surface area contributed by atoms with E-state index in [2.05, 4.69) is 0 Å². The second-order valence-electron chi connectivity index (χ2n) is 3.56. The van der Waals surface area contributed by atoms with E-state index in [0.29, 0.717) is 24.0 Å². The number of carbonyl (C=O) groups excluding carboxylic acids is 1. The van der Waals surface area contributed by atoms with Gasteiger partial charge in [0.15, 0.2) is 0 Å². The van der Waals surface area contributed by atoms with Crippen molar-refractivity contribution in [1.29, 1.82) is 0 Å². The molecule has 0 aliphatic rings. The van der Waals surface area contributed by atoms with Crippen molar-refractivity contribution in [2.24, 2.45) is 5.73 Å². The Morgan fingerprint density at radius 2 is 1.87 bits per heavy atom. The molecule has 15 heavy (non-hydrogen) atoms. The molecule has 0 aliphatic heterocycles. The number of halogens is 1. The van der Waals surface area contributed by atoms with Crippen LogP contribution in [0.15, 0.2) is 6.07 Å². The highest BCUT2D eigenvalue weighted by atomic mass is 19.1. The minimum atomic E-state index is -0.566. The lowest BCUT2D eigenvalue weighted by molar-refractivity contribution is 0.0999. The lowest BCUT2D eigenvalue weighted by Gasteiger charge is -2.13. The minimum Gasteiger partial charge on any atom is -0.366 e. The second-order valence-corrected chi connectivity index (χ2v) is 3.56. The number of benzene rings is 1. The topological polar surface area (TPSA) is 43.1 Å². The largest absolute Gasteiger partial charge is 0.366 e. The molecule has 3 heteroatoms. The molecule has 0 spiro atoms. The fourth-order valence-electron chi connectivity index (χ4n) is 1.97. The first kappa shape index (κ1) is 11.7. The van der Waals surface area contributed by atoms with Crippen molar-refractivity contribution >= 4 is 5.91 Å². The number of hydrogen-bond acceptors (Lipinski definition) is 1. The number of amides is 1. The Kier molecular flexibility index (Phi) is 3.45. The average molecular weight is 209 g/mol. The quantitative estimate of drug-likeness (QED) is 0.815. The zero-order chi connectivity index (χ0) is 11.6. The van der Waals surface area contributed by atoms with E-state index in [4.69, 9.17) is 5.73 Å². The van der Waals surface area contributed by atoms with Crippen molar-refractivity contribution in [2.45, 2.75) is 33.6 Å². The van der Waals surface area contributed by atoms with Gasteiger partial charge in [0.2, 0.25) is 5.91 Å². The van der Waals surface area contributed by atoms with Crippen molar-refractivity contribution in [1.82, 2.24) is 0 Å². The van der Waals surface area contributed by atoms with Crippen molar-refractivity contribution in [3.63, 3.8) is 0 Å². The summed E-state index contributed by atoms with van der Waals surface area (Å²) in [6.45, 7) is 5.67. The summed E-state index contributed by atoms with van der Waals surface area (Å²) < 4.78 is 13.6.